The molecule has 0 fully saturated rings. The highest BCUT2D eigenvalue weighted by Crippen LogP contribution is 2.29. The molecule has 3 rings (SSSR count). The molecule has 0 bridgehead atoms. The molecule has 0 saturated carbocycles. The second-order valence-corrected chi connectivity index (χ2v) is 5.82. The van der Waals surface area contributed by atoms with Gasteiger partial charge in [-0.1, -0.05) is 30.3 Å². The number of thiophene rings is 1. The lowest BCUT2D eigenvalue weighted by atomic mass is 10.2. The third-order valence-corrected chi connectivity index (χ3v) is 4.14. The van der Waals surface area contributed by atoms with E-state index in [0.717, 1.165) is 21.6 Å². The molecule has 0 radical (unpaired) electrons. The van der Waals surface area contributed by atoms with Crippen LogP contribution in [-0.4, -0.2) is 28.2 Å². The lowest BCUT2D eigenvalue weighted by Crippen LogP contribution is -2.27. The summed E-state index contributed by atoms with van der Waals surface area (Å²) in [6.07, 6.45) is 0. The first-order valence-corrected chi connectivity index (χ1v) is 7.84. The van der Waals surface area contributed by atoms with E-state index in [2.05, 4.69) is 22.1 Å². The molecule has 2 aromatic heterocycles. The third kappa shape index (κ3) is 3.15. The van der Waals surface area contributed by atoms with Crippen molar-refractivity contribution in [3.05, 3.63) is 52.6 Å². The van der Waals surface area contributed by atoms with Gasteiger partial charge in [-0.25, -0.2) is 4.98 Å². The predicted octanol–water partition coefficient (Wildman–Crippen LogP) is 3.34. The molecule has 1 N–H and O–H groups in total. The molecule has 0 aliphatic heterocycles. The van der Waals surface area contributed by atoms with Crippen molar-refractivity contribution in [2.45, 2.75) is 6.54 Å². The number of nitrogens with zero attached hydrogens (tertiary/aromatic N) is 3. The number of fused-ring (bicyclic) bond motifs is 1. The van der Waals surface area contributed by atoms with Gasteiger partial charge in [0.15, 0.2) is 0 Å². The SMILES string of the molecule is OCCN(Cc1ccccc1)c1nc(Cl)nc2sccc12. The summed E-state index contributed by atoms with van der Waals surface area (Å²) in [6.45, 7) is 1.22. The van der Waals surface area contributed by atoms with Gasteiger partial charge in [0.25, 0.3) is 0 Å². The Morgan fingerprint density at radius 3 is 2.71 bits per heavy atom. The van der Waals surface area contributed by atoms with Gasteiger partial charge in [-0.05, 0) is 28.6 Å². The minimum Gasteiger partial charge on any atom is -0.395 e. The fourth-order valence-corrected chi connectivity index (χ4v) is 3.21. The highest BCUT2D eigenvalue weighted by molar-refractivity contribution is 7.16. The van der Waals surface area contributed by atoms with E-state index in [-0.39, 0.29) is 11.9 Å². The van der Waals surface area contributed by atoms with E-state index in [9.17, 15) is 5.11 Å². The zero-order valence-electron chi connectivity index (χ0n) is 11.2. The van der Waals surface area contributed by atoms with E-state index in [1.165, 1.54) is 11.3 Å². The number of aliphatic hydroxyl groups is 1. The van der Waals surface area contributed by atoms with Crippen molar-refractivity contribution in [3.63, 3.8) is 0 Å². The highest BCUT2D eigenvalue weighted by atomic mass is 35.5. The number of benzene rings is 1. The maximum atomic E-state index is 9.35. The first-order valence-electron chi connectivity index (χ1n) is 6.58. The summed E-state index contributed by atoms with van der Waals surface area (Å²) in [6, 6.07) is 12.1. The first kappa shape index (κ1) is 14.3. The van der Waals surface area contributed by atoms with Crippen LogP contribution in [0, 0.1) is 0 Å². The second kappa shape index (κ2) is 6.39. The summed E-state index contributed by atoms with van der Waals surface area (Å²) in [5.74, 6) is 0.768. The molecular formula is C15H14ClN3OS. The number of anilines is 1. The Morgan fingerprint density at radius 1 is 1.14 bits per heavy atom. The Morgan fingerprint density at radius 2 is 1.95 bits per heavy atom. The molecule has 0 spiro atoms. The summed E-state index contributed by atoms with van der Waals surface area (Å²) < 4.78 is 0. The topological polar surface area (TPSA) is 49.2 Å². The number of aliphatic hydroxyl groups excluding tert-OH is 1. The molecule has 1 aromatic carbocycles. The molecule has 0 unspecified atom stereocenters. The maximum absolute atomic E-state index is 9.35. The standard InChI is InChI=1S/C15H14ClN3OS/c16-15-17-13(12-6-9-21-14(12)18-15)19(7-8-20)10-11-4-2-1-3-5-11/h1-6,9,20H,7-8,10H2. The number of rotatable bonds is 5. The van der Waals surface area contributed by atoms with Gasteiger partial charge >= 0.3 is 0 Å². The van der Waals surface area contributed by atoms with Gasteiger partial charge in [0.1, 0.15) is 10.6 Å². The van der Waals surface area contributed by atoms with Gasteiger partial charge in [-0.2, -0.15) is 4.98 Å². The summed E-state index contributed by atoms with van der Waals surface area (Å²) in [5.41, 5.74) is 1.16. The van der Waals surface area contributed by atoms with Crippen LogP contribution in [0.5, 0.6) is 0 Å². The van der Waals surface area contributed by atoms with E-state index >= 15 is 0 Å². The van der Waals surface area contributed by atoms with Gasteiger partial charge < -0.3 is 10.0 Å². The van der Waals surface area contributed by atoms with Crippen LogP contribution >= 0.6 is 22.9 Å². The monoisotopic (exact) mass is 319 g/mol. The molecule has 6 heteroatoms. The number of hydrogen-bond acceptors (Lipinski definition) is 5. The van der Waals surface area contributed by atoms with Gasteiger partial charge in [-0.3, -0.25) is 0 Å². The summed E-state index contributed by atoms with van der Waals surface area (Å²) in [4.78, 5) is 11.5. The van der Waals surface area contributed by atoms with E-state index in [0.29, 0.717) is 13.1 Å². The van der Waals surface area contributed by atoms with Crippen molar-refractivity contribution in [2.24, 2.45) is 0 Å². The van der Waals surface area contributed by atoms with Crippen LogP contribution in [0.25, 0.3) is 10.2 Å². The zero-order chi connectivity index (χ0) is 14.7. The molecule has 21 heavy (non-hydrogen) atoms. The minimum atomic E-state index is 0.0556. The molecular weight excluding hydrogens is 306 g/mol. The van der Waals surface area contributed by atoms with E-state index in [1.54, 1.807) is 0 Å². The van der Waals surface area contributed by atoms with Crippen molar-refractivity contribution in [1.82, 2.24) is 9.97 Å². The van der Waals surface area contributed by atoms with Crippen molar-refractivity contribution in [2.75, 3.05) is 18.1 Å². The fraction of sp³-hybridized carbons (Fsp3) is 0.200. The Hall–Kier alpha value is -1.69. The molecule has 2 heterocycles. The predicted molar refractivity (Wildman–Crippen MR) is 87.0 cm³/mol. The van der Waals surface area contributed by atoms with Gasteiger partial charge in [0.05, 0.1) is 12.0 Å². The zero-order valence-corrected chi connectivity index (χ0v) is 12.8. The number of aromatic nitrogens is 2. The first-order chi connectivity index (χ1) is 10.3. The van der Waals surface area contributed by atoms with Crippen LogP contribution < -0.4 is 4.90 Å². The fourth-order valence-electron chi connectivity index (χ4n) is 2.24. The smallest absolute Gasteiger partial charge is 0.225 e. The Balaban J connectivity index is 2.00. The summed E-state index contributed by atoms with van der Waals surface area (Å²) >= 11 is 7.56. The van der Waals surface area contributed by atoms with Crippen LogP contribution in [0.15, 0.2) is 41.8 Å². The Kier molecular flexibility index (Phi) is 4.34. The van der Waals surface area contributed by atoms with E-state index in [1.807, 2.05) is 34.5 Å². The quantitative estimate of drug-likeness (QED) is 0.733. The van der Waals surface area contributed by atoms with E-state index in [4.69, 9.17) is 11.6 Å². The average Bonchev–Trinajstić information content (AvgIpc) is 2.95. The molecule has 4 nitrogen and oxygen atoms in total. The second-order valence-electron chi connectivity index (χ2n) is 4.59. The van der Waals surface area contributed by atoms with Crippen LogP contribution in [-0.2, 0) is 6.54 Å². The normalized spacial score (nSPS) is 11.0. The molecule has 0 saturated heterocycles. The number of halogens is 1. The largest absolute Gasteiger partial charge is 0.395 e. The molecule has 0 atom stereocenters. The highest BCUT2D eigenvalue weighted by Gasteiger charge is 2.15. The van der Waals surface area contributed by atoms with Crippen molar-refractivity contribution < 1.29 is 5.11 Å². The molecule has 108 valence electrons. The molecule has 0 aliphatic rings. The van der Waals surface area contributed by atoms with Crippen molar-refractivity contribution in [3.8, 4) is 0 Å². The van der Waals surface area contributed by atoms with Crippen LogP contribution in [0.4, 0.5) is 5.82 Å². The van der Waals surface area contributed by atoms with Crippen molar-refractivity contribution in [1.29, 1.82) is 0 Å². The van der Waals surface area contributed by atoms with Crippen LogP contribution in [0.1, 0.15) is 5.56 Å². The van der Waals surface area contributed by atoms with Crippen LogP contribution in [0.2, 0.25) is 5.28 Å². The lowest BCUT2D eigenvalue weighted by molar-refractivity contribution is 0.301. The minimum absolute atomic E-state index is 0.0556. The van der Waals surface area contributed by atoms with Crippen molar-refractivity contribution >= 4 is 39.0 Å². The van der Waals surface area contributed by atoms with Gasteiger partial charge in [-0.15, -0.1) is 11.3 Å². The summed E-state index contributed by atoms with van der Waals surface area (Å²) in [7, 11) is 0. The maximum Gasteiger partial charge on any atom is 0.225 e. The Bertz CT molecular complexity index is 732. The number of hydrogen-bond donors (Lipinski definition) is 1. The Labute approximate surface area is 131 Å². The third-order valence-electron chi connectivity index (χ3n) is 3.16. The average molecular weight is 320 g/mol. The molecule has 0 aliphatic carbocycles. The van der Waals surface area contributed by atoms with Crippen LogP contribution in [0.3, 0.4) is 0 Å². The van der Waals surface area contributed by atoms with Gasteiger partial charge in [0.2, 0.25) is 5.28 Å². The summed E-state index contributed by atoms with van der Waals surface area (Å²) in [5, 5.41) is 12.5. The molecule has 3 aromatic rings. The van der Waals surface area contributed by atoms with E-state index < -0.39 is 0 Å². The lowest BCUT2D eigenvalue weighted by Gasteiger charge is -2.23. The molecule has 0 amide bonds. The van der Waals surface area contributed by atoms with Gasteiger partial charge in [0, 0.05) is 13.1 Å².